The molecule has 24 heavy (non-hydrogen) atoms. The number of hydrogen-bond donors (Lipinski definition) is 1. The van der Waals surface area contributed by atoms with Crippen molar-refractivity contribution in [3.63, 3.8) is 0 Å². The van der Waals surface area contributed by atoms with Gasteiger partial charge in [-0.25, -0.2) is 4.79 Å². The number of ether oxygens (including phenoxy) is 1. The van der Waals surface area contributed by atoms with Crippen molar-refractivity contribution in [3.8, 4) is 5.75 Å². The maximum Gasteiger partial charge on any atom is 0.356 e. The Bertz CT molecular complexity index is 816. The molecule has 2 heterocycles. The lowest BCUT2D eigenvalue weighted by Gasteiger charge is -2.35. The van der Waals surface area contributed by atoms with Gasteiger partial charge in [0.05, 0.1) is 21.1 Å². The van der Waals surface area contributed by atoms with Crippen molar-refractivity contribution in [2.24, 2.45) is 0 Å². The van der Waals surface area contributed by atoms with Crippen LogP contribution in [0.25, 0.3) is 0 Å². The fourth-order valence-electron chi connectivity index (χ4n) is 2.84. The first kappa shape index (κ1) is 14.7. The van der Waals surface area contributed by atoms with Crippen molar-refractivity contribution in [2.75, 3.05) is 7.11 Å². The van der Waals surface area contributed by atoms with Crippen molar-refractivity contribution in [2.45, 2.75) is 32.5 Å². The number of aromatic carboxylic acids is 1. The highest BCUT2D eigenvalue weighted by atomic mass is 16.5. The molecule has 1 aromatic carbocycles. The average Bonchev–Trinajstić information content (AvgIpc) is 2.94. The fourth-order valence-corrected chi connectivity index (χ4v) is 2.84. The molecule has 7 nitrogen and oxygen atoms in total. The van der Waals surface area contributed by atoms with Gasteiger partial charge in [-0.05, 0) is 24.1 Å². The van der Waals surface area contributed by atoms with Crippen LogP contribution in [0.5, 0.6) is 5.75 Å². The van der Waals surface area contributed by atoms with Gasteiger partial charge in [-0.1, -0.05) is 19.1 Å². The van der Waals surface area contributed by atoms with Crippen LogP contribution in [0.3, 0.4) is 0 Å². The topological polar surface area (TPSA) is 84.7 Å². The number of carbonyl (C=O) groups is 2. The van der Waals surface area contributed by atoms with Crippen LogP contribution < -0.4 is 4.74 Å². The van der Waals surface area contributed by atoms with Gasteiger partial charge in [0.1, 0.15) is 11.4 Å². The Hall–Kier alpha value is -2.83. The number of fused-ring (bicyclic) bond motifs is 1. The zero-order valence-electron chi connectivity index (χ0n) is 14.5. The number of carboxylic acid groups (broad SMARTS) is 1. The molecule has 1 aromatic heterocycles. The van der Waals surface area contributed by atoms with Crippen molar-refractivity contribution in [1.29, 1.82) is 0 Å². The number of carbonyl (C=O) groups excluding carboxylic acids is 1. The van der Waals surface area contributed by atoms with Crippen LogP contribution in [0.4, 0.5) is 0 Å². The maximum atomic E-state index is 12.9. The molecule has 7 heteroatoms. The van der Waals surface area contributed by atoms with E-state index in [1.54, 1.807) is 12.0 Å². The minimum Gasteiger partial charge on any atom is -0.497 e. The smallest absolute Gasteiger partial charge is 0.356 e. The average molecular weight is 330 g/mol. The van der Waals surface area contributed by atoms with E-state index in [1.165, 1.54) is 4.68 Å². The molecule has 3 rings (SSSR count). The Labute approximate surface area is 140 Å². The Morgan fingerprint density at radius 1 is 1.46 bits per heavy atom. The third-order valence-corrected chi connectivity index (χ3v) is 4.19. The standard InChI is InChI=1S/C17H19N3O4/c1-3-12-10-20-15(8-14(18-20)17(22)23)16(21)19(12)9-11-4-6-13(24-2)7-5-11/h4-8,12H,3,9-10H2,1-2H3,(H,22,23)/i8D. The first-order chi connectivity index (χ1) is 12.0. The summed E-state index contributed by atoms with van der Waals surface area (Å²) < 4.78 is 14.5. The summed E-state index contributed by atoms with van der Waals surface area (Å²) in [6, 6.07) is 6.99. The number of benzene rings is 1. The molecule has 2 aromatic rings. The number of carboxylic acids is 1. The van der Waals surface area contributed by atoms with Crippen LogP contribution >= 0.6 is 0 Å². The van der Waals surface area contributed by atoms with E-state index < -0.39 is 5.97 Å². The van der Waals surface area contributed by atoms with E-state index in [9.17, 15) is 9.59 Å². The summed E-state index contributed by atoms with van der Waals surface area (Å²) in [6.45, 7) is 2.73. The summed E-state index contributed by atoms with van der Waals surface area (Å²) in [5, 5.41) is 13.1. The van der Waals surface area contributed by atoms with Crippen LogP contribution in [0.1, 0.15) is 41.3 Å². The summed E-state index contributed by atoms with van der Waals surface area (Å²) in [6.07, 6.45) is 0.705. The number of amides is 1. The Morgan fingerprint density at radius 2 is 2.17 bits per heavy atom. The molecule has 126 valence electrons. The van der Waals surface area contributed by atoms with E-state index in [0.717, 1.165) is 11.3 Å². The van der Waals surface area contributed by atoms with Crippen LogP contribution in [0, 0.1) is 0 Å². The molecule has 0 bridgehead atoms. The lowest BCUT2D eigenvalue weighted by atomic mass is 10.1. The first-order valence-electron chi connectivity index (χ1n) is 8.20. The molecule has 1 unspecified atom stereocenters. The van der Waals surface area contributed by atoms with Crippen molar-refractivity contribution >= 4 is 11.9 Å². The zero-order valence-corrected chi connectivity index (χ0v) is 13.5. The predicted molar refractivity (Wildman–Crippen MR) is 86.1 cm³/mol. The van der Waals surface area contributed by atoms with E-state index >= 15 is 0 Å². The summed E-state index contributed by atoms with van der Waals surface area (Å²) in [4.78, 5) is 25.8. The minimum atomic E-state index is -1.30. The number of hydrogen-bond acceptors (Lipinski definition) is 4. The monoisotopic (exact) mass is 330 g/mol. The van der Waals surface area contributed by atoms with Gasteiger partial charge in [0.2, 0.25) is 0 Å². The summed E-state index contributed by atoms with van der Waals surface area (Å²) in [5.74, 6) is -0.924. The number of aromatic nitrogens is 2. The molecule has 0 fully saturated rings. The molecular weight excluding hydrogens is 310 g/mol. The molecule has 1 atom stereocenters. The lowest BCUT2D eigenvalue weighted by Crippen LogP contribution is -2.47. The van der Waals surface area contributed by atoms with Crippen molar-refractivity contribution < 1.29 is 20.8 Å². The third-order valence-electron chi connectivity index (χ3n) is 4.19. The molecule has 0 radical (unpaired) electrons. The van der Waals surface area contributed by atoms with Crippen molar-refractivity contribution in [3.05, 3.63) is 47.3 Å². The minimum absolute atomic E-state index is 0.0376. The van der Waals surface area contributed by atoms with Crippen LogP contribution in [0.2, 0.25) is 0 Å². The van der Waals surface area contributed by atoms with Gasteiger partial charge in [0.15, 0.2) is 5.69 Å². The molecule has 1 N–H and O–H groups in total. The van der Waals surface area contributed by atoms with Crippen LogP contribution in [-0.2, 0) is 13.1 Å². The molecule has 1 aliphatic heterocycles. The lowest BCUT2D eigenvalue weighted by molar-refractivity contribution is 0.0552. The molecule has 1 aliphatic rings. The van der Waals surface area contributed by atoms with Gasteiger partial charge < -0.3 is 14.7 Å². The van der Waals surface area contributed by atoms with E-state index in [0.29, 0.717) is 19.5 Å². The number of methoxy groups -OCH3 is 1. The second kappa shape index (κ2) is 6.35. The Kier molecular flexibility index (Phi) is 3.90. The molecule has 0 saturated carbocycles. The van der Waals surface area contributed by atoms with Gasteiger partial charge in [0, 0.05) is 12.6 Å². The fraction of sp³-hybridized carbons (Fsp3) is 0.353. The van der Waals surface area contributed by atoms with Crippen LogP contribution in [-0.4, -0.2) is 44.8 Å². The molecule has 0 aliphatic carbocycles. The number of rotatable bonds is 5. The molecular formula is C17H19N3O4. The number of nitrogens with zero attached hydrogens (tertiary/aromatic N) is 3. The van der Waals surface area contributed by atoms with Crippen LogP contribution in [0.15, 0.2) is 30.3 Å². The highest BCUT2D eigenvalue weighted by molar-refractivity contribution is 5.96. The van der Waals surface area contributed by atoms with Crippen molar-refractivity contribution in [1.82, 2.24) is 14.7 Å². The SMILES string of the molecule is [2H]c1c(C(=O)O)nn2c1C(=O)N(Cc1ccc(OC)cc1)C(CC)C2. The quantitative estimate of drug-likeness (QED) is 0.906. The van der Waals surface area contributed by atoms with Gasteiger partial charge >= 0.3 is 5.97 Å². The summed E-state index contributed by atoms with van der Waals surface area (Å²) in [5.41, 5.74) is 0.589. The van der Waals surface area contributed by atoms with E-state index in [-0.39, 0.29) is 29.4 Å². The summed E-state index contributed by atoms with van der Waals surface area (Å²) >= 11 is 0. The van der Waals surface area contributed by atoms with Gasteiger partial charge in [0.25, 0.3) is 5.91 Å². The predicted octanol–water partition coefficient (Wildman–Crippen LogP) is 2.02. The Morgan fingerprint density at radius 3 is 2.75 bits per heavy atom. The van der Waals surface area contributed by atoms with Gasteiger partial charge in [-0.15, -0.1) is 0 Å². The van der Waals surface area contributed by atoms with E-state index in [2.05, 4.69) is 5.10 Å². The van der Waals surface area contributed by atoms with E-state index in [4.69, 9.17) is 11.2 Å². The zero-order chi connectivity index (χ0) is 18.1. The normalized spacial score (nSPS) is 17.4. The summed E-state index contributed by atoms with van der Waals surface area (Å²) in [7, 11) is 1.59. The van der Waals surface area contributed by atoms with Gasteiger partial charge in [-0.2, -0.15) is 5.10 Å². The molecule has 1 amide bonds. The Balaban J connectivity index is 1.93. The largest absolute Gasteiger partial charge is 0.497 e. The molecule has 0 spiro atoms. The van der Waals surface area contributed by atoms with Gasteiger partial charge in [-0.3, -0.25) is 9.48 Å². The highest BCUT2D eigenvalue weighted by Gasteiger charge is 2.33. The second-order valence-electron chi connectivity index (χ2n) is 5.65. The third kappa shape index (κ3) is 2.84. The highest BCUT2D eigenvalue weighted by Crippen LogP contribution is 2.23. The molecule has 0 saturated heterocycles. The second-order valence-corrected chi connectivity index (χ2v) is 5.65. The maximum absolute atomic E-state index is 12.9. The van der Waals surface area contributed by atoms with E-state index in [1.807, 2.05) is 31.2 Å². The first-order valence-corrected chi connectivity index (χ1v) is 7.70.